The topological polar surface area (TPSA) is 46.6 Å². The van der Waals surface area contributed by atoms with Crippen molar-refractivity contribution in [3.8, 4) is 0 Å². The molecule has 0 aromatic heterocycles. The molecule has 0 radical (unpaired) electrons. The van der Waals surface area contributed by atoms with Gasteiger partial charge in [0.1, 0.15) is 12.1 Å². The summed E-state index contributed by atoms with van der Waals surface area (Å²) in [5.74, 6) is -0.409. The number of nitrogens with zero attached hydrogens (tertiary/aromatic N) is 1. The van der Waals surface area contributed by atoms with Crippen LogP contribution in [0.5, 0.6) is 0 Å². The van der Waals surface area contributed by atoms with Crippen molar-refractivity contribution in [1.82, 2.24) is 4.90 Å². The lowest BCUT2D eigenvalue weighted by Gasteiger charge is -2.25. The van der Waals surface area contributed by atoms with E-state index in [1.54, 1.807) is 7.05 Å². The van der Waals surface area contributed by atoms with Crippen molar-refractivity contribution < 1.29 is 14.3 Å². The van der Waals surface area contributed by atoms with E-state index in [-0.39, 0.29) is 18.5 Å². The minimum Gasteiger partial charge on any atom is -0.459 e. The van der Waals surface area contributed by atoms with Gasteiger partial charge in [0.15, 0.2) is 0 Å². The molecule has 1 saturated carbocycles. The lowest BCUT2D eigenvalue weighted by molar-refractivity contribution is -0.156. The van der Waals surface area contributed by atoms with Crippen LogP contribution in [0.15, 0.2) is 30.3 Å². The maximum absolute atomic E-state index is 12.0. The van der Waals surface area contributed by atoms with E-state index in [4.69, 9.17) is 4.74 Å². The molecule has 0 heterocycles. The van der Waals surface area contributed by atoms with Gasteiger partial charge in [0.2, 0.25) is 5.91 Å². The van der Waals surface area contributed by atoms with Gasteiger partial charge in [-0.05, 0) is 18.4 Å². The number of carbonyl (C=O) groups excluding carboxylic acids is 2. The summed E-state index contributed by atoms with van der Waals surface area (Å²) in [4.78, 5) is 24.8. The minimum atomic E-state index is -0.708. The molecule has 0 spiro atoms. The lowest BCUT2D eigenvalue weighted by Crippen LogP contribution is -2.44. The van der Waals surface area contributed by atoms with Crippen LogP contribution in [-0.4, -0.2) is 29.4 Å². The van der Waals surface area contributed by atoms with Crippen molar-refractivity contribution in [3.05, 3.63) is 35.9 Å². The smallest absolute Gasteiger partial charge is 0.332 e. The molecule has 4 heteroatoms. The van der Waals surface area contributed by atoms with Crippen molar-refractivity contribution in [3.63, 3.8) is 0 Å². The molecule has 0 bridgehead atoms. The van der Waals surface area contributed by atoms with Gasteiger partial charge in [-0.1, -0.05) is 30.3 Å². The van der Waals surface area contributed by atoms with Gasteiger partial charge in [0, 0.05) is 14.0 Å². The number of carbonyl (C=O) groups is 2. The Kier molecular flexibility index (Phi) is 3.36. The summed E-state index contributed by atoms with van der Waals surface area (Å²) in [5.41, 5.74) is 0.243. The second kappa shape index (κ2) is 4.80. The predicted molar refractivity (Wildman–Crippen MR) is 66.6 cm³/mol. The van der Waals surface area contributed by atoms with Gasteiger partial charge in [-0.25, -0.2) is 4.79 Å². The van der Waals surface area contributed by atoms with Crippen molar-refractivity contribution >= 4 is 11.9 Å². The Labute approximate surface area is 107 Å². The van der Waals surface area contributed by atoms with E-state index >= 15 is 0 Å². The molecule has 96 valence electrons. The molecule has 0 atom stereocenters. The summed E-state index contributed by atoms with van der Waals surface area (Å²) in [7, 11) is 1.65. The Hall–Kier alpha value is -1.84. The molecule has 1 aromatic rings. The van der Waals surface area contributed by atoms with Gasteiger partial charge in [0.05, 0.1) is 0 Å². The van der Waals surface area contributed by atoms with E-state index in [1.807, 2.05) is 30.3 Å². The van der Waals surface area contributed by atoms with E-state index in [9.17, 15) is 9.59 Å². The molecule has 1 fully saturated rings. The zero-order chi connectivity index (χ0) is 13.2. The highest BCUT2D eigenvalue weighted by Crippen LogP contribution is 2.42. The zero-order valence-corrected chi connectivity index (χ0v) is 10.7. The molecule has 18 heavy (non-hydrogen) atoms. The standard InChI is InChI=1S/C14H17NO3/c1-11(16)15(2)14(8-9-14)13(17)18-10-12-6-4-3-5-7-12/h3-7H,8-10H2,1-2H3. The molecule has 0 saturated heterocycles. The highest BCUT2D eigenvalue weighted by Gasteiger charge is 2.55. The average Bonchev–Trinajstić information content (AvgIpc) is 3.17. The predicted octanol–water partition coefficient (Wildman–Crippen LogP) is 1.74. The summed E-state index contributed by atoms with van der Waals surface area (Å²) in [6, 6.07) is 9.52. The molecule has 1 aliphatic rings. The molecular weight excluding hydrogens is 230 g/mol. The molecular formula is C14H17NO3. The van der Waals surface area contributed by atoms with E-state index in [0.29, 0.717) is 12.8 Å². The Bertz CT molecular complexity index is 451. The summed E-state index contributed by atoms with van der Waals surface area (Å²) in [6.45, 7) is 1.72. The second-order valence-corrected chi connectivity index (χ2v) is 4.67. The van der Waals surface area contributed by atoms with Crippen LogP contribution >= 0.6 is 0 Å². The van der Waals surface area contributed by atoms with Crippen LogP contribution in [0.25, 0.3) is 0 Å². The summed E-state index contributed by atoms with van der Waals surface area (Å²) < 4.78 is 5.29. The number of rotatable bonds is 4. The molecule has 4 nitrogen and oxygen atoms in total. The summed E-state index contributed by atoms with van der Waals surface area (Å²) in [5, 5.41) is 0. The fourth-order valence-electron chi connectivity index (χ4n) is 1.95. The van der Waals surface area contributed by atoms with Crippen LogP contribution in [0.2, 0.25) is 0 Å². The monoisotopic (exact) mass is 247 g/mol. The maximum Gasteiger partial charge on any atom is 0.332 e. The van der Waals surface area contributed by atoms with Crippen LogP contribution < -0.4 is 0 Å². The van der Waals surface area contributed by atoms with Gasteiger partial charge < -0.3 is 9.64 Å². The quantitative estimate of drug-likeness (QED) is 0.761. The number of likely N-dealkylation sites (N-methyl/N-ethyl adjacent to an activating group) is 1. The molecule has 1 amide bonds. The van der Waals surface area contributed by atoms with E-state index in [1.165, 1.54) is 11.8 Å². The van der Waals surface area contributed by atoms with Gasteiger partial charge in [0.25, 0.3) is 0 Å². The van der Waals surface area contributed by atoms with Crippen molar-refractivity contribution in [2.45, 2.75) is 31.9 Å². The Balaban J connectivity index is 1.95. The molecule has 0 N–H and O–H groups in total. The summed E-state index contributed by atoms with van der Waals surface area (Å²) in [6.07, 6.45) is 1.38. The van der Waals surface area contributed by atoms with Crippen LogP contribution in [0.1, 0.15) is 25.3 Å². The SMILES string of the molecule is CC(=O)N(C)C1(C(=O)OCc2ccccc2)CC1. The third kappa shape index (κ3) is 2.37. The summed E-state index contributed by atoms with van der Waals surface area (Å²) >= 11 is 0. The van der Waals surface area contributed by atoms with E-state index in [2.05, 4.69) is 0 Å². The second-order valence-electron chi connectivity index (χ2n) is 4.67. The number of benzene rings is 1. The minimum absolute atomic E-state index is 0.107. The van der Waals surface area contributed by atoms with Crippen LogP contribution in [0.4, 0.5) is 0 Å². The third-order valence-electron chi connectivity index (χ3n) is 3.43. The van der Waals surface area contributed by atoms with Gasteiger partial charge >= 0.3 is 5.97 Å². The number of amides is 1. The first-order valence-electron chi connectivity index (χ1n) is 6.02. The molecule has 1 aromatic carbocycles. The van der Waals surface area contributed by atoms with Crippen molar-refractivity contribution in [1.29, 1.82) is 0 Å². The first-order chi connectivity index (χ1) is 8.56. The fourth-order valence-corrected chi connectivity index (χ4v) is 1.95. The third-order valence-corrected chi connectivity index (χ3v) is 3.43. The van der Waals surface area contributed by atoms with Crippen LogP contribution in [-0.2, 0) is 20.9 Å². The first-order valence-corrected chi connectivity index (χ1v) is 6.02. The molecule has 0 aliphatic heterocycles. The highest BCUT2D eigenvalue weighted by atomic mass is 16.5. The number of hydrogen-bond acceptors (Lipinski definition) is 3. The maximum atomic E-state index is 12.0. The normalized spacial score (nSPS) is 15.9. The Morgan fingerprint density at radius 3 is 2.39 bits per heavy atom. The van der Waals surface area contributed by atoms with Gasteiger partial charge in [-0.3, -0.25) is 4.79 Å². The zero-order valence-electron chi connectivity index (χ0n) is 10.7. The van der Waals surface area contributed by atoms with Crippen LogP contribution in [0, 0.1) is 0 Å². The highest BCUT2D eigenvalue weighted by molar-refractivity contribution is 5.89. The Morgan fingerprint density at radius 2 is 1.89 bits per heavy atom. The Morgan fingerprint density at radius 1 is 1.28 bits per heavy atom. The fraction of sp³-hybridized carbons (Fsp3) is 0.429. The number of esters is 1. The van der Waals surface area contributed by atoms with E-state index < -0.39 is 5.54 Å². The largest absolute Gasteiger partial charge is 0.459 e. The average molecular weight is 247 g/mol. The number of hydrogen-bond donors (Lipinski definition) is 0. The van der Waals surface area contributed by atoms with Crippen LogP contribution in [0.3, 0.4) is 0 Å². The molecule has 0 unspecified atom stereocenters. The first kappa shape index (κ1) is 12.6. The lowest BCUT2D eigenvalue weighted by atomic mass is 10.2. The van der Waals surface area contributed by atoms with Crippen molar-refractivity contribution in [2.24, 2.45) is 0 Å². The number of ether oxygens (including phenoxy) is 1. The molecule has 2 rings (SSSR count). The van der Waals surface area contributed by atoms with Crippen molar-refractivity contribution in [2.75, 3.05) is 7.05 Å². The van der Waals surface area contributed by atoms with Gasteiger partial charge in [-0.15, -0.1) is 0 Å². The van der Waals surface area contributed by atoms with Gasteiger partial charge in [-0.2, -0.15) is 0 Å². The van der Waals surface area contributed by atoms with E-state index in [0.717, 1.165) is 5.56 Å². The molecule has 1 aliphatic carbocycles.